The molecule has 164 valence electrons. The van der Waals surface area contributed by atoms with E-state index >= 15 is 0 Å². The van der Waals surface area contributed by atoms with Crippen LogP contribution in [0.3, 0.4) is 0 Å². The van der Waals surface area contributed by atoms with Crippen molar-refractivity contribution in [1.29, 1.82) is 0 Å². The summed E-state index contributed by atoms with van der Waals surface area (Å²) in [4.78, 5) is 24.1. The van der Waals surface area contributed by atoms with Crippen LogP contribution in [0.1, 0.15) is 36.2 Å². The lowest BCUT2D eigenvalue weighted by atomic mass is 10.0. The SMILES string of the molecule is C=CC(=O)NCc1ccccc1CC(=O)Nc1ccc(-c2nnc3n2CCCCC3)cc1. The van der Waals surface area contributed by atoms with Gasteiger partial charge in [-0.25, -0.2) is 0 Å². The van der Waals surface area contributed by atoms with Gasteiger partial charge < -0.3 is 15.2 Å². The topological polar surface area (TPSA) is 88.9 Å². The highest BCUT2D eigenvalue weighted by molar-refractivity contribution is 5.92. The van der Waals surface area contributed by atoms with Crippen LogP contribution >= 0.6 is 0 Å². The Hall–Kier alpha value is -3.74. The number of fused-ring (bicyclic) bond motifs is 1. The predicted octanol–water partition coefficient (Wildman–Crippen LogP) is 3.65. The first-order chi connectivity index (χ1) is 15.6. The molecule has 0 unspecified atom stereocenters. The van der Waals surface area contributed by atoms with E-state index in [0.717, 1.165) is 59.8 Å². The second-order valence-corrected chi connectivity index (χ2v) is 7.90. The highest BCUT2D eigenvalue weighted by atomic mass is 16.2. The van der Waals surface area contributed by atoms with Crippen LogP contribution in [-0.2, 0) is 35.5 Å². The molecule has 7 heteroatoms. The molecule has 0 saturated carbocycles. The Labute approximate surface area is 187 Å². The number of carbonyl (C=O) groups excluding carboxylic acids is 2. The van der Waals surface area contributed by atoms with Gasteiger partial charge in [-0.05, 0) is 54.3 Å². The minimum Gasteiger partial charge on any atom is -0.348 e. The molecule has 32 heavy (non-hydrogen) atoms. The third-order valence-corrected chi connectivity index (χ3v) is 5.64. The first kappa shape index (κ1) is 21.5. The fourth-order valence-corrected chi connectivity index (χ4v) is 3.94. The number of anilines is 1. The first-order valence-corrected chi connectivity index (χ1v) is 10.9. The van der Waals surface area contributed by atoms with Crippen molar-refractivity contribution < 1.29 is 9.59 Å². The van der Waals surface area contributed by atoms with Crippen LogP contribution in [0.4, 0.5) is 5.69 Å². The molecule has 2 aromatic carbocycles. The molecule has 4 rings (SSSR count). The van der Waals surface area contributed by atoms with Gasteiger partial charge in [0.2, 0.25) is 11.8 Å². The van der Waals surface area contributed by atoms with Crippen LogP contribution < -0.4 is 10.6 Å². The summed E-state index contributed by atoms with van der Waals surface area (Å²) in [7, 11) is 0. The molecule has 7 nitrogen and oxygen atoms in total. The smallest absolute Gasteiger partial charge is 0.243 e. The van der Waals surface area contributed by atoms with E-state index in [4.69, 9.17) is 0 Å². The summed E-state index contributed by atoms with van der Waals surface area (Å²) in [6, 6.07) is 15.3. The molecular weight excluding hydrogens is 402 g/mol. The molecule has 2 amide bonds. The van der Waals surface area contributed by atoms with Gasteiger partial charge in [-0.3, -0.25) is 9.59 Å². The van der Waals surface area contributed by atoms with Crippen molar-refractivity contribution in [3.8, 4) is 11.4 Å². The molecule has 0 radical (unpaired) electrons. The molecule has 1 aromatic heterocycles. The van der Waals surface area contributed by atoms with E-state index in [2.05, 4.69) is 32.0 Å². The van der Waals surface area contributed by atoms with E-state index in [1.165, 1.54) is 12.5 Å². The second-order valence-electron chi connectivity index (χ2n) is 7.90. The molecule has 2 N–H and O–H groups in total. The number of nitrogens with one attached hydrogen (secondary N) is 2. The van der Waals surface area contributed by atoms with Crippen LogP contribution in [0.15, 0.2) is 61.2 Å². The summed E-state index contributed by atoms with van der Waals surface area (Å²) >= 11 is 0. The molecule has 1 aliphatic rings. The van der Waals surface area contributed by atoms with Crippen molar-refractivity contribution in [3.63, 3.8) is 0 Å². The molecule has 3 aromatic rings. The van der Waals surface area contributed by atoms with Gasteiger partial charge in [-0.1, -0.05) is 37.3 Å². The van der Waals surface area contributed by atoms with E-state index in [9.17, 15) is 9.59 Å². The zero-order valence-corrected chi connectivity index (χ0v) is 18.0. The van der Waals surface area contributed by atoms with Crippen molar-refractivity contribution >= 4 is 17.5 Å². The average molecular weight is 430 g/mol. The monoisotopic (exact) mass is 429 g/mol. The number of hydrogen-bond acceptors (Lipinski definition) is 4. The Morgan fingerprint density at radius 2 is 1.78 bits per heavy atom. The Balaban J connectivity index is 1.41. The van der Waals surface area contributed by atoms with Crippen LogP contribution in [0, 0.1) is 0 Å². The average Bonchev–Trinajstić information content (AvgIpc) is 3.06. The fourth-order valence-electron chi connectivity index (χ4n) is 3.94. The van der Waals surface area contributed by atoms with Gasteiger partial charge in [-0.15, -0.1) is 10.2 Å². The summed E-state index contributed by atoms with van der Waals surface area (Å²) in [5, 5.41) is 14.5. The van der Waals surface area contributed by atoms with E-state index in [-0.39, 0.29) is 18.2 Å². The Morgan fingerprint density at radius 1 is 1.00 bits per heavy atom. The molecule has 0 saturated heterocycles. The minimum atomic E-state index is -0.242. The summed E-state index contributed by atoms with van der Waals surface area (Å²) in [5.74, 6) is 1.58. The maximum Gasteiger partial charge on any atom is 0.243 e. The largest absolute Gasteiger partial charge is 0.348 e. The van der Waals surface area contributed by atoms with E-state index in [1.807, 2.05) is 48.5 Å². The molecule has 0 aliphatic carbocycles. The molecule has 0 atom stereocenters. The van der Waals surface area contributed by atoms with Crippen molar-refractivity contribution in [3.05, 3.63) is 78.1 Å². The number of benzene rings is 2. The zero-order chi connectivity index (χ0) is 22.3. The lowest BCUT2D eigenvalue weighted by Gasteiger charge is -2.11. The standard InChI is InChI=1S/C25H27N5O2/c1-2-23(31)26-17-20-9-6-5-8-19(20)16-24(32)27-21-13-11-18(12-14-21)25-29-28-22-10-4-3-7-15-30(22)25/h2,5-6,8-9,11-14H,1,3-4,7,10,15-17H2,(H,26,31)(H,27,32). The van der Waals surface area contributed by atoms with Crippen LogP contribution in [0.2, 0.25) is 0 Å². The molecule has 0 spiro atoms. The third-order valence-electron chi connectivity index (χ3n) is 5.64. The summed E-state index contributed by atoms with van der Waals surface area (Å²) < 4.78 is 2.21. The molecule has 2 heterocycles. The number of hydrogen-bond donors (Lipinski definition) is 2. The quantitative estimate of drug-likeness (QED) is 0.561. The minimum absolute atomic E-state index is 0.114. The van der Waals surface area contributed by atoms with Gasteiger partial charge >= 0.3 is 0 Å². The third kappa shape index (κ3) is 5.11. The van der Waals surface area contributed by atoms with Crippen LogP contribution in [-0.4, -0.2) is 26.6 Å². The van der Waals surface area contributed by atoms with Gasteiger partial charge in [0.05, 0.1) is 6.42 Å². The lowest BCUT2D eigenvalue weighted by Crippen LogP contribution is -2.22. The molecular formula is C25H27N5O2. The van der Waals surface area contributed by atoms with Gasteiger partial charge in [0.1, 0.15) is 5.82 Å². The number of amides is 2. The molecule has 0 fully saturated rings. The lowest BCUT2D eigenvalue weighted by molar-refractivity contribution is -0.116. The number of aryl methyl sites for hydroxylation is 1. The first-order valence-electron chi connectivity index (χ1n) is 10.9. The summed E-state index contributed by atoms with van der Waals surface area (Å²) in [6.45, 7) is 4.75. The highest BCUT2D eigenvalue weighted by Crippen LogP contribution is 2.24. The Morgan fingerprint density at radius 3 is 2.56 bits per heavy atom. The van der Waals surface area contributed by atoms with Gasteiger partial charge in [0.25, 0.3) is 0 Å². The number of carbonyl (C=O) groups is 2. The van der Waals surface area contributed by atoms with E-state index in [1.54, 1.807) is 0 Å². The number of aromatic nitrogens is 3. The maximum absolute atomic E-state index is 12.6. The highest BCUT2D eigenvalue weighted by Gasteiger charge is 2.16. The number of rotatable bonds is 7. The Kier molecular flexibility index (Phi) is 6.75. The fraction of sp³-hybridized carbons (Fsp3) is 0.280. The van der Waals surface area contributed by atoms with Gasteiger partial charge in [0.15, 0.2) is 5.82 Å². The summed E-state index contributed by atoms with van der Waals surface area (Å²) in [6.07, 6.45) is 5.95. The second kappa shape index (κ2) is 10.0. The van der Waals surface area contributed by atoms with Gasteiger partial charge in [0, 0.05) is 30.8 Å². The van der Waals surface area contributed by atoms with E-state index < -0.39 is 0 Å². The van der Waals surface area contributed by atoms with Gasteiger partial charge in [-0.2, -0.15) is 0 Å². The van der Waals surface area contributed by atoms with Crippen LogP contribution in [0.25, 0.3) is 11.4 Å². The Bertz CT molecular complexity index is 1120. The van der Waals surface area contributed by atoms with E-state index in [0.29, 0.717) is 6.54 Å². The van der Waals surface area contributed by atoms with Crippen molar-refractivity contribution in [2.24, 2.45) is 0 Å². The van der Waals surface area contributed by atoms with Crippen LogP contribution in [0.5, 0.6) is 0 Å². The normalized spacial score (nSPS) is 13.0. The molecule has 0 bridgehead atoms. The maximum atomic E-state index is 12.6. The summed E-state index contributed by atoms with van der Waals surface area (Å²) in [5.41, 5.74) is 3.50. The van der Waals surface area contributed by atoms with Crippen molar-refractivity contribution in [1.82, 2.24) is 20.1 Å². The zero-order valence-electron chi connectivity index (χ0n) is 18.0. The van der Waals surface area contributed by atoms with Crippen molar-refractivity contribution in [2.45, 2.75) is 45.2 Å². The van der Waals surface area contributed by atoms with Crippen molar-refractivity contribution in [2.75, 3.05) is 5.32 Å². The predicted molar refractivity (Wildman–Crippen MR) is 124 cm³/mol. The number of nitrogens with zero attached hydrogens (tertiary/aromatic N) is 3. The molecule has 1 aliphatic heterocycles.